The molecule has 0 aromatic heterocycles. The molecule has 4 aromatic rings. The quantitative estimate of drug-likeness (QED) is 0.103. The molecule has 0 radical (unpaired) electrons. The van der Waals surface area contributed by atoms with Gasteiger partial charge in [-0.15, -0.1) is 0 Å². The van der Waals surface area contributed by atoms with Gasteiger partial charge in [-0.3, -0.25) is 0 Å². The van der Waals surface area contributed by atoms with Crippen molar-refractivity contribution >= 4 is 0 Å². The second-order valence-corrected chi connectivity index (χ2v) is 12.5. The van der Waals surface area contributed by atoms with E-state index < -0.39 is 70.4 Å². The Bertz CT molecular complexity index is 1850. The number of aliphatic hydroxyl groups excluding tert-OH is 2. The van der Waals surface area contributed by atoms with Crippen molar-refractivity contribution in [2.24, 2.45) is 0 Å². The number of phenols is 8. The number of phenolic OH excluding ortho intramolecular Hbond substituents is 8. The summed E-state index contributed by atoms with van der Waals surface area (Å²) in [6.45, 7) is 13.0. The van der Waals surface area contributed by atoms with Gasteiger partial charge < -0.3 is 60.5 Å². The Morgan fingerprint density at radius 3 is 1.56 bits per heavy atom. The molecule has 12 heteroatoms. The molecular formula is C38H46O12. The summed E-state index contributed by atoms with van der Waals surface area (Å²) in [4.78, 5) is 0. The van der Waals surface area contributed by atoms with E-state index in [0.717, 1.165) is 12.1 Å². The van der Waals surface area contributed by atoms with Gasteiger partial charge in [-0.05, 0) is 35.4 Å². The van der Waals surface area contributed by atoms with Gasteiger partial charge >= 0.3 is 0 Å². The number of aliphatic hydroxyl groups is 2. The predicted molar refractivity (Wildman–Crippen MR) is 185 cm³/mol. The van der Waals surface area contributed by atoms with Crippen LogP contribution in [0.2, 0.25) is 0 Å². The molecule has 2 aliphatic rings. The molecule has 6 rings (SSSR count). The summed E-state index contributed by atoms with van der Waals surface area (Å²) >= 11 is 0. The summed E-state index contributed by atoms with van der Waals surface area (Å²) < 4.78 is 12.4. The van der Waals surface area contributed by atoms with E-state index in [1.54, 1.807) is 20.8 Å². The third kappa shape index (κ3) is 6.32. The first-order valence-corrected chi connectivity index (χ1v) is 16.5. The van der Waals surface area contributed by atoms with Crippen molar-refractivity contribution in [1.82, 2.24) is 0 Å². The molecule has 0 fully saturated rings. The molecule has 0 amide bonds. The molecule has 6 atom stereocenters. The second-order valence-electron chi connectivity index (χ2n) is 12.5. The number of hydrogen-bond donors (Lipinski definition) is 10. The van der Waals surface area contributed by atoms with Gasteiger partial charge in [-0.25, -0.2) is 0 Å². The summed E-state index contributed by atoms with van der Waals surface area (Å²) in [6, 6.07) is 11.2. The topological polar surface area (TPSA) is 221 Å². The first-order valence-electron chi connectivity index (χ1n) is 16.5. The van der Waals surface area contributed by atoms with E-state index in [2.05, 4.69) is 0 Å². The van der Waals surface area contributed by atoms with Gasteiger partial charge in [-0.2, -0.15) is 0 Å². The number of hydrogen-bond acceptors (Lipinski definition) is 12. The Kier molecular flexibility index (Phi) is 10.8. The summed E-state index contributed by atoms with van der Waals surface area (Å²) in [5.74, 6) is -5.09. The second kappa shape index (κ2) is 14.3. The largest absolute Gasteiger partial charge is 0.508 e. The minimum atomic E-state index is -1.48. The molecule has 0 spiro atoms. The number of fused-ring (bicyclic) bond motifs is 2. The van der Waals surface area contributed by atoms with E-state index in [9.17, 15) is 51.1 Å². The van der Waals surface area contributed by atoms with E-state index in [-0.39, 0.29) is 51.0 Å². The summed E-state index contributed by atoms with van der Waals surface area (Å²) in [6.07, 6.45) is -5.05. The molecule has 0 bridgehead atoms. The molecule has 50 heavy (non-hydrogen) atoms. The first-order chi connectivity index (χ1) is 23.6. The third-order valence-electron chi connectivity index (χ3n) is 9.20. The smallest absolute Gasteiger partial charge is 0.157 e. The van der Waals surface area contributed by atoms with Crippen LogP contribution in [0, 0.1) is 0 Å². The minimum absolute atomic E-state index is 0.00444. The average molecular weight is 695 g/mol. The van der Waals surface area contributed by atoms with E-state index in [4.69, 9.17) is 9.47 Å². The number of aromatic hydroxyl groups is 8. The maximum absolute atomic E-state index is 12.0. The Morgan fingerprint density at radius 1 is 0.540 bits per heavy atom. The zero-order valence-corrected chi connectivity index (χ0v) is 28.9. The Balaban J connectivity index is 0.00000136. The average Bonchev–Trinajstić information content (AvgIpc) is 3.06. The van der Waals surface area contributed by atoms with Crippen LogP contribution in [0.5, 0.6) is 57.5 Å². The fourth-order valence-electron chi connectivity index (χ4n) is 6.93. The predicted octanol–water partition coefficient (Wildman–Crippen LogP) is 6.54. The Labute approximate surface area is 290 Å². The van der Waals surface area contributed by atoms with Gasteiger partial charge in [0.1, 0.15) is 46.7 Å². The maximum Gasteiger partial charge on any atom is 0.157 e. The van der Waals surface area contributed by atoms with Crippen molar-refractivity contribution in [2.45, 2.75) is 90.1 Å². The summed E-state index contributed by atoms with van der Waals surface area (Å²) in [5.41, 5.74) is -0.458. The van der Waals surface area contributed by atoms with Crippen LogP contribution < -0.4 is 9.47 Å². The van der Waals surface area contributed by atoms with Crippen molar-refractivity contribution in [3.63, 3.8) is 0 Å². The fourth-order valence-corrected chi connectivity index (χ4v) is 6.93. The van der Waals surface area contributed by atoms with Gasteiger partial charge in [0.05, 0.1) is 0 Å². The van der Waals surface area contributed by atoms with Gasteiger partial charge in [0.15, 0.2) is 35.2 Å². The van der Waals surface area contributed by atoms with E-state index >= 15 is 0 Å². The van der Waals surface area contributed by atoms with Crippen molar-refractivity contribution in [1.29, 1.82) is 0 Å². The lowest BCUT2D eigenvalue weighted by Gasteiger charge is -2.47. The Hall–Kier alpha value is -5.20. The first kappa shape index (κ1) is 37.6. The molecule has 0 aliphatic carbocycles. The highest BCUT2D eigenvalue weighted by Gasteiger charge is 2.52. The highest BCUT2D eigenvalue weighted by atomic mass is 16.5. The van der Waals surface area contributed by atoms with Crippen LogP contribution in [0.15, 0.2) is 54.6 Å². The maximum atomic E-state index is 12.0. The van der Waals surface area contributed by atoms with Crippen LogP contribution in [0.1, 0.15) is 100 Å². The minimum Gasteiger partial charge on any atom is -0.508 e. The molecule has 10 N–H and O–H groups in total. The number of benzene rings is 4. The number of ether oxygens (including phenoxy) is 2. The summed E-state index contributed by atoms with van der Waals surface area (Å²) in [7, 11) is 0. The van der Waals surface area contributed by atoms with Gasteiger partial charge in [0, 0.05) is 52.1 Å². The zero-order chi connectivity index (χ0) is 37.4. The van der Waals surface area contributed by atoms with Gasteiger partial charge in [0.25, 0.3) is 0 Å². The molecular weight excluding hydrogens is 648 g/mol. The van der Waals surface area contributed by atoms with Crippen molar-refractivity contribution in [2.75, 3.05) is 0 Å². The monoisotopic (exact) mass is 694 g/mol. The number of rotatable bonds is 4. The fraction of sp³-hybridized carbons (Fsp3) is 0.368. The van der Waals surface area contributed by atoms with Crippen molar-refractivity contribution in [3.05, 3.63) is 82.4 Å². The molecule has 0 saturated carbocycles. The summed E-state index contributed by atoms with van der Waals surface area (Å²) in [5, 5.41) is 107. The molecule has 6 unspecified atom stereocenters. The standard InChI is InChI=1S/C34H34O12.2C2H6/c1-13-25-22(41)12-23(42)27(33(25)46-31(29(13)43)14-4-6-17(36)19(38)8-14)34(2,3)28-26-21(40)10-16(35)11-24(26)45-32(30(28)44)15-5-7-18(37)20(39)9-15;2*1-2/h4-13,28-32,35-44H,1-3H3;2*1-2H3. The normalized spacial score (nSPS) is 22.3. The molecule has 12 nitrogen and oxygen atoms in total. The zero-order valence-electron chi connectivity index (χ0n) is 28.9. The van der Waals surface area contributed by atoms with E-state index in [1.165, 1.54) is 42.5 Å². The third-order valence-corrected chi connectivity index (χ3v) is 9.20. The van der Waals surface area contributed by atoms with Crippen LogP contribution in [-0.4, -0.2) is 63.3 Å². The van der Waals surface area contributed by atoms with Gasteiger partial charge in [0.2, 0.25) is 0 Å². The lowest BCUT2D eigenvalue weighted by atomic mass is 9.64. The molecule has 270 valence electrons. The van der Waals surface area contributed by atoms with Crippen LogP contribution in [-0.2, 0) is 5.41 Å². The van der Waals surface area contributed by atoms with Crippen LogP contribution in [0.3, 0.4) is 0 Å². The Morgan fingerprint density at radius 2 is 1.04 bits per heavy atom. The van der Waals surface area contributed by atoms with Crippen LogP contribution in [0.25, 0.3) is 0 Å². The van der Waals surface area contributed by atoms with Crippen LogP contribution in [0.4, 0.5) is 0 Å². The molecule has 2 aliphatic heterocycles. The highest BCUT2D eigenvalue weighted by molar-refractivity contribution is 5.64. The molecule has 0 saturated heterocycles. The van der Waals surface area contributed by atoms with E-state index in [1.807, 2.05) is 27.7 Å². The van der Waals surface area contributed by atoms with Crippen molar-refractivity contribution in [3.8, 4) is 57.5 Å². The van der Waals surface area contributed by atoms with Crippen LogP contribution >= 0.6 is 0 Å². The molecule has 4 aromatic carbocycles. The highest BCUT2D eigenvalue weighted by Crippen LogP contribution is 2.60. The molecule has 2 heterocycles. The van der Waals surface area contributed by atoms with Gasteiger partial charge in [-0.1, -0.05) is 60.6 Å². The lowest BCUT2D eigenvalue weighted by Crippen LogP contribution is -2.44. The lowest BCUT2D eigenvalue weighted by molar-refractivity contribution is -0.0213. The van der Waals surface area contributed by atoms with E-state index in [0.29, 0.717) is 5.56 Å². The SMILES string of the molecule is CC.CC.CC1c2c(O)cc(O)c(C(C)(C)C3c4c(O)cc(O)cc4OC(c4ccc(O)c(O)c4)C3O)c2OC(c2ccc(O)c(O)c2)C1O. The van der Waals surface area contributed by atoms with Crippen molar-refractivity contribution < 1.29 is 60.5 Å².